The zero-order valence-corrected chi connectivity index (χ0v) is 9.23. The molecule has 0 heterocycles. The molecule has 6 heteroatoms. The summed E-state index contributed by atoms with van der Waals surface area (Å²) in [5.74, 6) is -0.218. The topological polar surface area (TPSA) is 87.7 Å². The molecule has 0 fully saturated rings. The van der Waals surface area contributed by atoms with Crippen LogP contribution in [-0.4, -0.2) is 28.9 Å². The number of allylic oxidation sites excluding steroid dienone is 1. The van der Waals surface area contributed by atoms with Crippen molar-refractivity contribution in [3.8, 4) is 0 Å². The maximum atomic E-state index is 11.1. The molecule has 0 aliphatic heterocycles. The Hall–Kier alpha value is -0.950. The van der Waals surface area contributed by atoms with Crippen molar-refractivity contribution in [2.45, 2.75) is 26.8 Å². The van der Waals surface area contributed by atoms with Crippen molar-refractivity contribution < 1.29 is 10.0 Å². The van der Waals surface area contributed by atoms with Gasteiger partial charge in [-0.2, -0.15) is 0 Å². The Morgan fingerprint density at radius 2 is 2.20 bits per heavy atom. The highest BCUT2D eigenvalue weighted by Gasteiger charge is 2.18. The summed E-state index contributed by atoms with van der Waals surface area (Å²) in [6.07, 6.45) is 2.99. The molecule has 1 amide bonds. The smallest absolute Gasteiger partial charge is 0.243 e. The lowest BCUT2D eigenvalue weighted by Gasteiger charge is -2.31. The third-order valence-corrected chi connectivity index (χ3v) is 1.98. The molecule has 0 bridgehead atoms. The first-order chi connectivity index (χ1) is 7.02. The lowest BCUT2D eigenvalue weighted by atomic mass is 10.1. The molecular weight excluding hydrogens is 198 g/mol. The molecule has 0 aromatic heterocycles. The van der Waals surface area contributed by atoms with Crippen molar-refractivity contribution in [2.24, 2.45) is 5.92 Å². The summed E-state index contributed by atoms with van der Waals surface area (Å²) >= 11 is 0. The van der Waals surface area contributed by atoms with E-state index in [0.717, 1.165) is 0 Å². The second-order valence-electron chi connectivity index (χ2n) is 3.49. The van der Waals surface area contributed by atoms with Gasteiger partial charge < -0.3 is 16.1 Å². The molecule has 0 saturated heterocycles. The highest BCUT2D eigenvalue weighted by atomic mass is 16.7. The summed E-state index contributed by atoms with van der Waals surface area (Å²) in [5, 5.41) is 22.4. The molecular formula is C9H18N3O3-. The molecule has 0 saturated carbocycles. The molecule has 6 nitrogen and oxygen atoms in total. The van der Waals surface area contributed by atoms with Gasteiger partial charge in [0.05, 0.1) is 6.04 Å². The van der Waals surface area contributed by atoms with Crippen LogP contribution in [0.4, 0.5) is 0 Å². The Labute approximate surface area is 89.5 Å². The van der Waals surface area contributed by atoms with Gasteiger partial charge in [-0.25, -0.2) is 0 Å². The van der Waals surface area contributed by atoms with Crippen LogP contribution in [0.15, 0.2) is 12.2 Å². The molecule has 0 aromatic carbocycles. The second-order valence-corrected chi connectivity index (χ2v) is 3.49. The molecule has 0 aliphatic carbocycles. The first-order valence-electron chi connectivity index (χ1n) is 4.79. The van der Waals surface area contributed by atoms with Gasteiger partial charge in [0.15, 0.2) is 0 Å². The van der Waals surface area contributed by atoms with Gasteiger partial charge in [-0.1, -0.05) is 19.9 Å². The molecule has 0 aromatic rings. The molecule has 0 spiro atoms. The number of carbonyl (C=O) groups is 1. The lowest BCUT2D eigenvalue weighted by molar-refractivity contribution is -0.168. The highest BCUT2D eigenvalue weighted by Crippen LogP contribution is 2.05. The van der Waals surface area contributed by atoms with Crippen LogP contribution >= 0.6 is 0 Å². The van der Waals surface area contributed by atoms with Crippen LogP contribution in [0.3, 0.4) is 0 Å². The van der Waals surface area contributed by atoms with E-state index in [9.17, 15) is 15.2 Å². The zero-order chi connectivity index (χ0) is 11.8. The quantitative estimate of drug-likeness (QED) is 0.442. The van der Waals surface area contributed by atoms with Crippen molar-refractivity contribution in [2.75, 3.05) is 6.54 Å². The average Bonchev–Trinajstić information content (AvgIpc) is 2.17. The highest BCUT2D eigenvalue weighted by molar-refractivity contribution is 5.87. The number of carbonyl (C=O) groups excluding carboxylic acids is 1. The van der Waals surface area contributed by atoms with Gasteiger partial charge >= 0.3 is 0 Å². The summed E-state index contributed by atoms with van der Waals surface area (Å²) in [4.78, 5) is 11.1. The monoisotopic (exact) mass is 216 g/mol. The number of nitrogens with one attached hydrogen (secondary N) is 2. The van der Waals surface area contributed by atoms with E-state index in [1.807, 2.05) is 13.8 Å². The van der Waals surface area contributed by atoms with Crippen molar-refractivity contribution in [1.82, 2.24) is 16.1 Å². The van der Waals surface area contributed by atoms with Gasteiger partial charge in [0.1, 0.15) is 0 Å². The second kappa shape index (κ2) is 7.36. The van der Waals surface area contributed by atoms with E-state index in [0.29, 0.717) is 5.17 Å². The predicted octanol–water partition coefficient (Wildman–Crippen LogP) is 0.397. The Balaban J connectivity index is 4.13. The van der Waals surface area contributed by atoms with Crippen LogP contribution in [-0.2, 0) is 4.79 Å². The third kappa shape index (κ3) is 5.48. The number of nitrogens with zero attached hydrogens (tertiary/aromatic N) is 1. The molecule has 1 unspecified atom stereocenters. The van der Waals surface area contributed by atoms with Crippen molar-refractivity contribution in [1.29, 1.82) is 0 Å². The number of hydroxylamine groups is 1. The number of amides is 1. The first-order valence-corrected chi connectivity index (χ1v) is 4.79. The van der Waals surface area contributed by atoms with Gasteiger partial charge in [-0.3, -0.25) is 10.0 Å². The molecule has 0 radical (unpaired) electrons. The van der Waals surface area contributed by atoms with Crippen LogP contribution in [0, 0.1) is 11.1 Å². The fraction of sp³-hybridized carbons (Fsp3) is 0.667. The van der Waals surface area contributed by atoms with Crippen LogP contribution in [0.5, 0.6) is 0 Å². The van der Waals surface area contributed by atoms with Gasteiger partial charge in [0, 0.05) is 6.54 Å². The Morgan fingerprint density at radius 3 is 2.60 bits per heavy atom. The fourth-order valence-electron chi connectivity index (χ4n) is 1.09. The van der Waals surface area contributed by atoms with E-state index < -0.39 is 6.04 Å². The molecule has 1 atom stereocenters. The summed E-state index contributed by atoms with van der Waals surface area (Å²) in [6, 6.07) is -0.461. The minimum absolute atomic E-state index is 0.0300. The van der Waals surface area contributed by atoms with Crippen LogP contribution in [0.25, 0.3) is 0 Å². The number of rotatable bonds is 6. The Kier molecular flexibility index (Phi) is 6.89. The van der Waals surface area contributed by atoms with Crippen LogP contribution in [0.2, 0.25) is 0 Å². The van der Waals surface area contributed by atoms with Crippen LogP contribution < -0.4 is 10.9 Å². The maximum absolute atomic E-state index is 11.1. The summed E-state index contributed by atoms with van der Waals surface area (Å²) in [6.45, 7) is 5.61. The number of hydrogen-bond acceptors (Lipinski definition) is 5. The molecule has 0 rings (SSSR count). The average molecular weight is 216 g/mol. The third-order valence-electron chi connectivity index (χ3n) is 1.98. The SMILES string of the molecule is CC=CC(=O)NCC(C(C)C)N(O)N[O-]. The normalized spacial score (nSPS) is 13.8. The van der Waals surface area contributed by atoms with Crippen molar-refractivity contribution in [3.63, 3.8) is 0 Å². The summed E-state index contributed by atoms with van der Waals surface area (Å²) in [5.41, 5.74) is 1.37. The van der Waals surface area contributed by atoms with Gasteiger partial charge in [0.25, 0.3) is 0 Å². The van der Waals surface area contributed by atoms with E-state index in [2.05, 4.69) is 5.32 Å². The van der Waals surface area contributed by atoms with Crippen molar-refractivity contribution >= 4 is 5.91 Å². The largest absolute Gasteiger partial charge is 0.773 e. The van der Waals surface area contributed by atoms with Crippen LogP contribution in [0.1, 0.15) is 20.8 Å². The van der Waals surface area contributed by atoms with E-state index in [1.165, 1.54) is 11.7 Å². The standard InChI is InChI=1S/C9H18N3O3/c1-4-5-9(13)10-6-8(7(2)3)12(15)11-14/h4-5,7-8,11,15H,6H2,1-3H3,(H,10,13)/q-1. The minimum atomic E-state index is -0.461. The predicted molar refractivity (Wildman–Crippen MR) is 56.6 cm³/mol. The first kappa shape index (κ1) is 14.1. The molecule has 0 aliphatic rings. The van der Waals surface area contributed by atoms with E-state index in [4.69, 9.17) is 0 Å². The van der Waals surface area contributed by atoms with Gasteiger partial charge in [-0.15, -0.1) is 5.17 Å². The molecule has 3 N–H and O–H groups in total. The van der Waals surface area contributed by atoms with Crippen molar-refractivity contribution in [3.05, 3.63) is 17.4 Å². The van der Waals surface area contributed by atoms with Gasteiger partial charge in [0.2, 0.25) is 5.91 Å². The zero-order valence-electron chi connectivity index (χ0n) is 9.23. The molecule has 15 heavy (non-hydrogen) atoms. The number of hydrogen-bond donors (Lipinski definition) is 3. The van der Waals surface area contributed by atoms with E-state index in [-0.39, 0.29) is 18.4 Å². The van der Waals surface area contributed by atoms with E-state index >= 15 is 0 Å². The number of hydrazine groups is 1. The minimum Gasteiger partial charge on any atom is -0.773 e. The maximum Gasteiger partial charge on any atom is 0.243 e. The Bertz CT molecular complexity index is 219. The summed E-state index contributed by atoms with van der Waals surface area (Å²) < 4.78 is 0. The lowest BCUT2D eigenvalue weighted by Crippen LogP contribution is -2.49. The van der Waals surface area contributed by atoms with E-state index in [1.54, 1.807) is 13.0 Å². The van der Waals surface area contributed by atoms with Gasteiger partial charge in [-0.05, 0) is 18.9 Å². The fourth-order valence-corrected chi connectivity index (χ4v) is 1.09. The Morgan fingerprint density at radius 1 is 1.60 bits per heavy atom. The molecule has 88 valence electrons. The summed E-state index contributed by atoms with van der Waals surface area (Å²) in [7, 11) is 0.